The molecule has 1 saturated heterocycles. The summed E-state index contributed by atoms with van der Waals surface area (Å²) in [5, 5.41) is 4.68. The van der Waals surface area contributed by atoms with Crippen LogP contribution in [-0.2, 0) is 0 Å². The van der Waals surface area contributed by atoms with E-state index in [9.17, 15) is 0 Å². The smallest absolute Gasteiger partial charge is 0.0982 e. The van der Waals surface area contributed by atoms with Crippen LogP contribution in [0.5, 0.6) is 0 Å². The minimum atomic E-state index is 0.646. The summed E-state index contributed by atoms with van der Waals surface area (Å²) >= 11 is 1.84. The highest BCUT2D eigenvalue weighted by molar-refractivity contribution is 7.18. The van der Waals surface area contributed by atoms with E-state index in [1.165, 1.54) is 16.1 Å². The second-order valence-corrected chi connectivity index (χ2v) is 4.77. The van der Waals surface area contributed by atoms with Crippen LogP contribution in [0.1, 0.15) is 17.3 Å². The summed E-state index contributed by atoms with van der Waals surface area (Å²) in [5.74, 6) is 0.646. The lowest BCUT2D eigenvalue weighted by Gasteiger charge is -2.00. The van der Waals surface area contributed by atoms with Crippen LogP contribution >= 0.6 is 11.3 Å². The van der Waals surface area contributed by atoms with Crippen LogP contribution in [0.4, 0.5) is 0 Å². The molecule has 0 spiro atoms. The highest BCUT2D eigenvalue weighted by atomic mass is 32.1. The van der Waals surface area contributed by atoms with Gasteiger partial charge in [-0.15, -0.1) is 11.3 Å². The zero-order valence-electron chi connectivity index (χ0n) is 7.86. The van der Waals surface area contributed by atoms with Crippen molar-refractivity contribution in [3.63, 3.8) is 0 Å². The summed E-state index contributed by atoms with van der Waals surface area (Å²) in [6.45, 7) is 2.24. The molecule has 1 aliphatic rings. The molecule has 2 aromatic rings. The standard InChI is InChI=1S/C11H12N2S/c1-2-4-10-9(3-1)13-11(14-10)8-5-6-12-7-8/h1-4,8,12H,5-7H2. The summed E-state index contributed by atoms with van der Waals surface area (Å²) in [6, 6.07) is 8.38. The summed E-state index contributed by atoms with van der Waals surface area (Å²) in [5.41, 5.74) is 1.15. The van der Waals surface area contributed by atoms with E-state index in [4.69, 9.17) is 0 Å². The number of aromatic nitrogens is 1. The zero-order valence-corrected chi connectivity index (χ0v) is 8.68. The molecule has 3 rings (SSSR count). The molecule has 72 valence electrons. The largest absolute Gasteiger partial charge is 0.316 e. The Labute approximate surface area is 87.0 Å². The number of rotatable bonds is 1. The van der Waals surface area contributed by atoms with Crippen LogP contribution in [0.25, 0.3) is 10.2 Å². The SMILES string of the molecule is c1ccc2sc(C3CCNC3)nc2c1. The van der Waals surface area contributed by atoms with Crippen LogP contribution in [0.2, 0.25) is 0 Å². The Kier molecular flexibility index (Phi) is 2.00. The van der Waals surface area contributed by atoms with Gasteiger partial charge in [-0.25, -0.2) is 4.98 Å². The lowest BCUT2D eigenvalue weighted by molar-refractivity contribution is 0.758. The maximum absolute atomic E-state index is 4.67. The summed E-state index contributed by atoms with van der Waals surface area (Å²) in [4.78, 5) is 4.67. The molecule has 0 bridgehead atoms. The molecule has 0 radical (unpaired) electrons. The first kappa shape index (κ1) is 8.38. The molecule has 1 unspecified atom stereocenters. The average Bonchev–Trinajstić information content (AvgIpc) is 2.86. The number of para-hydroxylation sites is 1. The van der Waals surface area contributed by atoms with Crippen LogP contribution in [-0.4, -0.2) is 18.1 Å². The fourth-order valence-electron chi connectivity index (χ4n) is 1.93. The van der Waals surface area contributed by atoms with Gasteiger partial charge in [0.1, 0.15) is 0 Å². The molecule has 2 heterocycles. The molecule has 1 atom stereocenters. The van der Waals surface area contributed by atoms with Crippen molar-refractivity contribution in [3.05, 3.63) is 29.3 Å². The number of hydrogen-bond acceptors (Lipinski definition) is 3. The van der Waals surface area contributed by atoms with E-state index in [-0.39, 0.29) is 0 Å². The maximum Gasteiger partial charge on any atom is 0.0982 e. The topological polar surface area (TPSA) is 24.9 Å². The number of fused-ring (bicyclic) bond motifs is 1. The van der Waals surface area contributed by atoms with Gasteiger partial charge >= 0.3 is 0 Å². The third kappa shape index (κ3) is 1.33. The van der Waals surface area contributed by atoms with Crippen molar-refractivity contribution in [3.8, 4) is 0 Å². The molecule has 3 heteroatoms. The summed E-state index contributed by atoms with van der Waals surface area (Å²) in [7, 11) is 0. The second-order valence-electron chi connectivity index (χ2n) is 3.71. The predicted molar refractivity (Wildman–Crippen MR) is 59.8 cm³/mol. The normalized spacial score (nSPS) is 21.9. The summed E-state index contributed by atoms with van der Waals surface area (Å²) < 4.78 is 1.31. The Morgan fingerprint density at radius 2 is 2.29 bits per heavy atom. The lowest BCUT2D eigenvalue weighted by atomic mass is 10.1. The number of thiazole rings is 1. The third-order valence-electron chi connectivity index (χ3n) is 2.72. The molecule has 1 aromatic carbocycles. The van der Waals surface area contributed by atoms with Gasteiger partial charge in [-0.2, -0.15) is 0 Å². The molecule has 1 N–H and O–H groups in total. The van der Waals surface area contributed by atoms with Crippen molar-refractivity contribution >= 4 is 21.6 Å². The van der Waals surface area contributed by atoms with Crippen molar-refractivity contribution in [1.82, 2.24) is 10.3 Å². The molecule has 2 nitrogen and oxygen atoms in total. The van der Waals surface area contributed by atoms with Gasteiger partial charge in [0.2, 0.25) is 0 Å². The molecular formula is C11H12N2S. The molecule has 14 heavy (non-hydrogen) atoms. The first-order valence-electron chi connectivity index (χ1n) is 5.00. The van der Waals surface area contributed by atoms with E-state index < -0.39 is 0 Å². The predicted octanol–water partition coefficient (Wildman–Crippen LogP) is 2.37. The van der Waals surface area contributed by atoms with Gasteiger partial charge in [-0.1, -0.05) is 12.1 Å². The molecule has 1 aromatic heterocycles. The third-order valence-corrected chi connectivity index (χ3v) is 3.92. The molecule has 0 aliphatic carbocycles. The number of benzene rings is 1. The van der Waals surface area contributed by atoms with Crippen molar-refractivity contribution in [1.29, 1.82) is 0 Å². The molecule has 0 saturated carbocycles. The monoisotopic (exact) mass is 204 g/mol. The van der Waals surface area contributed by atoms with Gasteiger partial charge in [0.25, 0.3) is 0 Å². The fraction of sp³-hybridized carbons (Fsp3) is 0.364. The average molecular weight is 204 g/mol. The van der Waals surface area contributed by atoms with Gasteiger partial charge in [0, 0.05) is 12.5 Å². The Morgan fingerprint density at radius 3 is 3.07 bits per heavy atom. The molecule has 1 fully saturated rings. The van der Waals surface area contributed by atoms with E-state index in [1.807, 2.05) is 11.3 Å². The maximum atomic E-state index is 4.67. The van der Waals surface area contributed by atoms with E-state index in [2.05, 4.69) is 34.6 Å². The molecule has 1 aliphatic heterocycles. The highest BCUT2D eigenvalue weighted by Crippen LogP contribution is 2.30. The van der Waals surface area contributed by atoms with Crippen molar-refractivity contribution < 1.29 is 0 Å². The van der Waals surface area contributed by atoms with Gasteiger partial charge < -0.3 is 5.32 Å². The Bertz CT molecular complexity index is 410. The first-order chi connectivity index (χ1) is 6.93. The Balaban J connectivity index is 2.05. The highest BCUT2D eigenvalue weighted by Gasteiger charge is 2.19. The number of nitrogens with zero attached hydrogens (tertiary/aromatic N) is 1. The van der Waals surface area contributed by atoms with Gasteiger partial charge in [-0.3, -0.25) is 0 Å². The minimum Gasteiger partial charge on any atom is -0.316 e. The number of nitrogens with one attached hydrogen (secondary N) is 1. The quantitative estimate of drug-likeness (QED) is 0.771. The van der Waals surface area contributed by atoms with E-state index >= 15 is 0 Å². The Morgan fingerprint density at radius 1 is 1.36 bits per heavy atom. The number of hydrogen-bond donors (Lipinski definition) is 1. The molecule has 0 amide bonds. The van der Waals surface area contributed by atoms with E-state index in [0.717, 1.165) is 18.6 Å². The van der Waals surface area contributed by atoms with Crippen LogP contribution < -0.4 is 5.32 Å². The minimum absolute atomic E-state index is 0.646. The lowest BCUT2D eigenvalue weighted by Crippen LogP contribution is -2.07. The van der Waals surface area contributed by atoms with Gasteiger partial charge in [-0.05, 0) is 25.1 Å². The van der Waals surface area contributed by atoms with Gasteiger partial charge in [0.15, 0.2) is 0 Å². The summed E-state index contributed by atoms with van der Waals surface area (Å²) in [6.07, 6.45) is 1.24. The van der Waals surface area contributed by atoms with Crippen molar-refractivity contribution in [2.45, 2.75) is 12.3 Å². The Hall–Kier alpha value is -0.930. The van der Waals surface area contributed by atoms with Crippen LogP contribution in [0.15, 0.2) is 24.3 Å². The van der Waals surface area contributed by atoms with E-state index in [1.54, 1.807) is 0 Å². The molecular weight excluding hydrogens is 192 g/mol. The first-order valence-corrected chi connectivity index (χ1v) is 5.81. The van der Waals surface area contributed by atoms with E-state index in [0.29, 0.717) is 5.92 Å². The zero-order chi connectivity index (χ0) is 9.38. The van der Waals surface area contributed by atoms with Crippen molar-refractivity contribution in [2.75, 3.05) is 13.1 Å². The fourth-order valence-corrected chi connectivity index (χ4v) is 3.03. The van der Waals surface area contributed by atoms with Crippen molar-refractivity contribution in [2.24, 2.45) is 0 Å². The second kappa shape index (κ2) is 3.33. The van der Waals surface area contributed by atoms with Crippen LogP contribution in [0, 0.1) is 0 Å². The van der Waals surface area contributed by atoms with Gasteiger partial charge in [0.05, 0.1) is 15.2 Å². The van der Waals surface area contributed by atoms with Crippen LogP contribution in [0.3, 0.4) is 0 Å².